The molecule has 264 valence electrons. The van der Waals surface area contributed by atoms with Crippen LogP contribution in [0.5, 0.6) is 0 Å². The lowest BCUT2D eigenvalue weighted by Crippen LogP contribution is -2.55. The zero-order chi connectivity index (χ0) is 36.1. The first-order valence-electron chi connectivity index (χ1n) is 20.4. The summed E-state index contributed by atoms with van der Waals surface area (Å²) in [5, 5.41) is 5.10. The van der Waals surface area contributed by atoms with Crippen LogP contribution in [0.3, 0.4) is 0 Å². The molecule has 0 atom stereocenters. The topological polar surface area (TPSA) is 3.24 Å². The van der Waals surface area contributed by atoms with E-state index in [1.54, 1.807) is 11.1 Å². The standard InChI is InChI=1S/C54H43N/c1-3-13-37(14-4-1)39-23-26-52(49(32-39)38-15-5-2-6-16-38)55(53-33-40-17-7-8-18-44(40)45-19-9-10-21-48(45)53)43-24-25-47-46-20-11-12-22-50(46)54(51(47)34-43)41-28-35-27-36(30-41)31-42(54)29-35/h1-26,32-36,41-42H,27-31H2. The summed E-state index contributed by atoms with van der Waals surface area (Å²) >= 11 is 0. The Hall–Kier alpha value is -5.92. The summed E-state index contributed by atoms with van der Waals surface area (Å²) in [5.41, 5.74) is 14.8. The lowest BCUT2D eigenvalue weighted by Gasteiger charge is -2.61. The second-order valence-corrected chi connectivity index (χ2v) is 16.9. The fourth-order valence-corrected chi connectivity index (χ4v) is 12.3. The van der Waals surface area contributed by atoms with Crippen LogP contribution in [0.1, 0.15) is 43.2 Å². The Morgan fingerprint density at radius 3 is 1.76 bits per heavy atom. The molecule has 1 spiro atoms. The van der Waals surface area contributed by atoms with Gasteiger partial charge in [0.15, 0.2) is 0 Å². The number of benzene rings is 8. The Morgan fingerprint density at radius 1 is 0.382 bits per heavy atom. The predicted octanol–water partition coefficient (Wildman–Crippen LogP) is 14.5. The number of nitrogens with zero attached hydrogens (tertiary/aromatic N) is 1. The molecule has 0 radical (unpaired) electrons. The Kier molecular flexibility index (Phi) is 6.88. The van der Waals surface area contributed by atoms with Gasteiger partial charge in [-0.2, -0.15) is 0 Å². The molecule has 8 aromatic carbocycles. The first-order valence-corrected chi connectivity index (χ1v) is 20.4. The first-order chi connectivity index (χ1) is 27.2. The Bertz CT molecular complexity index is 2750. The highest BCUT2D eigenvalue weighted by Crippen LogP contribution is 2.69. The number of rotatable bonds is 5. The second-order valence-electron chi connectivity index (χ2n) is 16.9. The summed E-state index contributed by atoms with van der Waals surface area (Å²) in [4.78, 5) is 2.61. The van der Waals surface area contributed by atoms with E-state index in [-0.39, 0.29) is 5.41 Å². The first kappa shape index (κ1) is 31.4. The number of fused-ring (bicyclic) bond motifs is 6. The summed E-state index contributed by atoms with van der Waals surface area (Å²) in [5.74, 6) is 3.23. The fraction of sp³-hybridized carbons (Fsp3) is 0.185. The third-order valence-corrected chi connectivity index (χ3v) is 14.2. The third kappa shape index (κ3) is 4.59. The van der Waals surface area contributed by atoms with Crippen LogP contribution in [0.25, 0.3) is 54.9 Å². The molecule has 0 heterocycles. The molecular weight excluding hydrogens is 663 g/mol. The van der Waals surface area contributed by atoms with Gasteiger partial charge in [0, 0.05) is 22.1 Å². The quantitative estimate of drug-likeness (QED) is 0.161. The molecule has 4 bridgehead atoms. The van der Waals surface area contributed by atoms with Crippen molar-refractivity contribution in [3.05, 3.63) is 187 Å². The van der Waals surface area contributed by atoms with Gasteiger partial charge in [0.2, 0.25) is 0 Å². The second kappa shape index (κ2) is 12.0. The molecule has 0 unspecified atom stereocenters. The van der Waals surface area contributed by atoms with E-state index in [9.17, 15) is 0 Å². The Balaban J connectivity index is 1.15. The lowest BCUT2D eigenvalue weighted by atomic mass is 9.43. The molecule has 0 aromatic heterocycles. The van der Waals surface area contributed by atoms with Crippen molar-refractivity contribution in [2.45, 2.75) is 37.5 Å². The van der Waals surface area contributed by atoms with Crippen molar-refractivity contribution < 1.29 is 0 Å². The highest BCUT2D eigenvalue weighted by atomic mass is 15.1. The van der Waals surface area contributed by atoms with E-state index in [1.165, 1.54) is 104 Å². The van der Waals surface area contributed by atoms with Gasteiger partial charge in [0.1, 0.15) is 0 Å². The smallest absolute Gasteiger partial charge is 0.0546 e. The van der Waals surface area contributed by atoms with Gasteiger partial charge in [0.05, 0.1) is 11.4 Å². The lowest BCUT2D eigenvalue weighted by molar-refractivity contribution is -0.0399. The molecular formula is C54H43N. The van der Waals surface area contributed by atoms with Gasteiger partial charge < -0.3 is 4.90 Å². The van der Waals surface area contributed by atoms with Crippen molar-refractivity contribution >= 4 is 38.6 Å². The number of hydrogen-bond donors (Lipinski definition) is 0. The highest BCUT2D eigenvalue weighted by molar-refractivity contribution is 6.15. The van der Waals surface area contributed by atoms with Crippen molar-refractivity contribution in [2.24, 2.45) is 23.7 Å². The summed E-state index contributed by atoms with van der Waals surface area (Å²) < 4.78 is 0. The van der Waals surface area contributed by atoms with Gasteiger partial charge in [-0.25, -0.2) is 0 Å². The molecule has 4 fully saturated rings. The number of hydrogen-bond acceptors (Lipinski definition) is 1. The van der Waals surface area contributed by atoms with Gasteiger partial charge in [-0.3, -0.25) is 0 Å². The monoisotopic (exact) mass is 705 g/mol. The average Bonchev–Trinajstić information content (AvgIpc) is 3.53. The molecule has 1 heteroatoms. The zero-order valence-electron chi connectivity index (χ0n) is 31.0. The molecule has 4 saturated carbocycles. The summed E-state index contributed by atoms with van der Waals surface area (Å²) in [7, 11) is 0. The maximum absolute atomic E-state index is 2.65. The molecule has 0 N–H and O–H groups in total. The summed E-state index contributed by atoms with van der Waals surface area (Å²) in [6, 6.07) is 66.4. The third-order valence-electron chi connectivity index (χ3n) is 14.2. The van der Waals surface area contributed by atoms with Gasteiger partial charge in [-0.15, -0.1) is 0 Å². The van der Waals surface area contributed by atoms with E-state index in [4.69, 9.17) is 0 Å². The molecule has 1 nitrogen and oxygen atoms in total. The Morgan fingerprint density at radius 2 is 1.00 bits per heavy atom. The van der Waals surface area contributed by atoms with Crippen molar-refractivity contribution in [1.82, 2.24) is 0 Å². The fourth-order valence-electron chi connectivity index (χ4n) is 12.3. The van der Waals surface area contributed by atoms with Crippen molar-refractivity contribution in [2.75, 3.05) is 4.90 Å². The molecule has 55 heavy (non-hydrogen) atoms. The van der Waals surface area contributed by atoms with E-state index >= 15 is 0 Å². The highest BCUT2D eigenvalue weighted by Gasteiger charge is 2.61. The van der Waals surface area contributed by atoms with E-state index in [0.29, 0.717) is 11.8 Å². The Labute approximate surface area is 323 Å². The van der Waals surface area contributed by atoms with E-state index in [1.807, 2.05) is 0 Å². The van der Waals surface area contributed by atoms with E-state index in [2.05, 4.69) is 181 Å². The maximum atomic E-state index is 2.65. The van der Waals surface area contributed by atoms with Crippen LogP contribution in [0.15, 0.2) is 176 Å². The van der Waals surface area contributed by atoms with Crippen LogP contribution in [-0.2, 0) is 5.41 Å². The number of anilines is 3. The summed E-state index contributed by atoms with van der Waals surface area (Å²) in [6.07, 6.45) is 6.97. The van der Waals surface area contributed by atoms with Crippen LogP contribution < -0.4 is 4.90 Å². The van der Waals surface area contributed by atoms with Crippen molar-refractivity contribution in [3.63, 3.8) is 0 Å². The van der Waals surface area contributed by atoms with Crippen molar-refractivity contribution in [1.29, 1.82) is 0 Å². The van der Waals surface area contributed by atoms with Crippen LogP contribution in [0.2, 0.25) is 0 Å². The molecule has 0 saturated heterocycles. The van der Waals surface area contributed by atoms with Crippen LogP contribution in [0, 0.1) is 23.7 Å². The van der Waals surface area contributed by atoms with Gasteiger partial charge in [-0.05, 0) is 141 Å². The molecule has 8 aromatic rings. The van der Waals surface area contributed by atoms with Crippen LogP contribution in [0.4, 0.5) is 17.1 Å². The van der Waals surface area contributed by atoms with E-state index < -0.39 is 0 Å². The minimum atomic E-state index is 0.0892. The molecule has 5 aliphatic carbocycles. The van der Waals surface area contributed by atoms with E-state index in [0.717, 1.165) is 11.8 Å². The normalized spacial score (nSPS) is 23.0. The molecule has 5 aliphatic rings. The minimum absolute atomic E-state index is 0.0892. The zero-order valence-corrected chi connectivity index (χ0v) is 31.0. The van der Waals surface area contributed by atoms with Gasteiger partial charge >= 0.3 is 0 Å². The van der Waals surface area contributed by atoms with Gasteiger partial charge in [-0.1, -0.05) is 146 Å². The molecule has 0 aliphatic heterocycles. The minimum Gasteiger partial charge on any atom is -0.309 e. The average molecular weight is 706 g/mol. The van der Waals surface area contributed by atoms with Crippen molar-refractivity contribution in [3.8, 4) is 33.4 Å². The maximum Gasteiger partial charge on any atom is 0.0546 e. The SMILES string of the molecule is c1ccc(-c2ccc(N(c3ccc4c(c3)C3(c5ccccc5-4)C4CC5CC(C4)CC3C5)c3cc4ccccc4c4ccccc34)c(-c3ccccc3)c2)cc1. The molecule has 13 rings (SSSR count). The van der Waals surface area contributed by atoms with Crippen LogP contribution in [-0.4, -0.2) is 0 Å². The van der Waals surface area contributed by atoms with Gasteiger partial charge in [0.25, 0.3) is 0 Å². The predicted molar refractivity (Wildman–Crippen MR) is 230 cm³/mol. The largest absolute Gasteiger partial charge is 0.309 e. The van der Waals surface area contributed by atoms with Crippen LogP contribution >= 0.6 is 0 Å². The summed E-state index contributed by atoms with van der Waals surface area (Å²) in [6.45, 7) is 0. The molecule has 0 amide bonds.